The second-order valence-corrected chi connectivity index (χ2v) is 2.96. The van der Waals surface area contributed by atoms with Crippen LogP contribution in [0.1, 0.15) is 0 Å². The molecule has 0 aliphatic rings. The lowest BCUT2D eigenvalue weighted by Crippen LogP contribution is -1.79. The van der Waals surface area contributed by atoms with Crippen LogP contribution in [-0.4, -0.2) is 9.97 Å². The molecular weight excluding hydrogens is 211 g/mol. The lowest BCUT2D eigenvalue weighted by molar-refractivity contribution is 0.631. The molecule has 1 N–H and O–H groups in total. The number of aromatic nitrogens is 2. The monoisotopic (exact) mass is 213 g/mol. The van der Waals surface area contributed by atoms with Crippen molar-refractivity contribution in [1.29, 1.82) is 0 Å². The molecule has 4 heteroatoms. The summed E-state index contributed by atoms with van der Waals surface area (Å²) >= 11 is 3.06. The van der Waals surface area contributed by atoms with Gasteiger partial charge in [0.15, 0.2) is 12.1 Å². The fourth-order valence-electron chi connectivity index (χ4n) is 0.894. The van der Waals surface area contributed by atoms with Crippen molar-refractivity contribution in [2.75, 3.05) is 0 Å². The summed E-state index contributed by atoms with van der Waals surface area (Å²) in [5.41, 5.74) is 0.977. The summed E-state index contributed by atoms with van der Waals surface area (Å²) in [6, 6.07) is 3.37. The molecule has 0 aliphatic carbocycles. The molecule has 0 unspecified atom stereocenters. The van der Waals surface area contributed by atoms with Crippen LogP contribution < -0.4 is 0 Å². The Morgan fingerprint density at radius 3 is 3.18 bits per heavy atom. The van der Waals surface area contributed by atoms with Crippen LogP contribution in [0.4, 0.5) is 4.39 Å². The van der Waals surface area contributed by atoms with Crippen molar-refractivity contribution in [3.63, 3.8) is 0 Å². The van der Waals surface area contributed by atoms with E-state index in [1.54, 1.807) is 12.1 Å². The third-order valence-electron chi connectivity index (χ3n) is 1.43. The highest BCUT2D eigenvalue weighted by Crippen LogP contribution is 2.21. The Kier molecular flexibility index (Phi) is 1.42. The molecule has 0 bridgehead atoms. The number of nitrogens with one attached hydrogen (secondary N) is 1. The van der Waals surface area contributed by atoms with Gasteiger partial charge in [-0.1, -0.05) is 0 Å². The number of halogens is 2. The largest absolute Gasteiger partial charge is 0.335 e. The van der Waals surface area contributed by atoms with Crippen molar-refractivity contribution in [3.8, 4) is 0 Å². The molecule has 55 valence electrons. The predicted molar refractivity (Wildman–Crippen MR) is 42.6 cm³/mol. The molecule has 0 fully saturated rings. The highest BCUT2D eigenvalue weighted by atomic mass is 79.9. The quantitative estimate of drug-likeness (QED) is 0.715. The standard InChI is InChI=1S/C7H3BrFN2/c8-4-1-2-5-7(6(4)9)11-3-10-5/h1-2H,(H,10,11). The van der Waals surface area contributed by atoms with Crippen LogP contribution >= 0.6 is 15.9 Å². The molecule has 0 spiro atoms. The van der Waals surface area contributed by atoms with Crippen LogP contribution in [0.15, 0.2) is 16.6 Å². The minimum Gasteiger partial charge on any atom is -0.335 e. The van der Waals surface area contributed by atoms with E-state index < -0.39 is 0 Å². The number of H-pyrrole nitrogens is 1. The van der Waals surface area contributed by atoms with E-state index in [0.29, 0.717) is 15.5 Å². The Labute approximate surface area is 70.6 Å². The second-order valence-electron chi connectivity index (χ2n) is 2.11. The lowest BCUT2D eigenvalue weighted by atomic mass is 10.3. The Morgan fingerprint density at radius 1 is 1.55 bits per heavy atom. The molecule has 2 nitrogen and oxygen atoms in total. The number of aromatic amines is 1. The van der Waals surface area contributed by atoms with Gasteiger partial charge in [-0.25, -0.2) is 9.37 Å². The van der Waals surface area contributed by atoms with Crippen molar-refractivity contribution in [2.24, 2.45) is 0 Å². The van der Waals surface area contributed by atoms with Gasteiger partial charge in [0.25, 0.3) is 0 Å². The van der Waals surface area contributed by atoms with E-state index in [0.717, 1.165) is 0 Å². The molecule has 2 aromatic rings. The van der Waals surface area contributed by atoms with E-state index in [9.17, 15) is 4.39 Å². The Morgan fingerprint density at radius 2 is 2.36 bits per heavy atom. The smallest absolute Gasteiger partial charge is 0.174 e. The molecule has 0 saturated heterocycles. The number of hydrogen-bond donors (Lipinski definition) is 1. The summed E-state index contributed by atoms with van der Waals surface area (Å²) in [6.45, 7) is 0. The average molecular weight is 214 g/mol. The first kappa shape index (κ1) is 6.79. The third-order valence-corrected chi connectivity index (χ3v) is 2.04. The summed E-state index contributed by atoms with van der Waals surface area (Å²) < 4.78 is 13.5. The lowest BCUT2D eigenvalue weighted by Gasteiger charge is -1.92. The summed E-state index contributed by atoms with van der Waals surface area (Å²) in [4.78, 5) is 6.38. The average Bonchev–Trinajstić information content (AvgIpc) is 2.45. The second kappa shape index (κ2) is 2.30. The van der Waals surface area contributed by atoms with Crippen LogP contribution in [0.25, 0.3) is 11.0 Å². The molecular formula is C7H3BrFN2. The molecule has 2 rings (SSSR count). The fourth-order valence-corrected chi connectivity index (χ4v) is 1.21. The fraction of sp³-hybridized carbons (Fsp3) is 0. The van der Waals surface area contributed by atoms with Gasteiger partial charge in [-0.3, -0.25) is 0 Å². The summed E-state index contributed by atoms with van der Waals surface area (Å²) in [5.74, 6) is -0.347. The van der Waals surface area contributed by atoms with Crippen molar-refractivity contribution >= 4 is 27.0 Å². The van der Waals surface area contributed by atoms with E-state index in [-0.39, 0.29) is 5.82 Å². The van der Waals surface area contributed by atoms with Gasteiger partial charge in [-0.05, 0) is 28.1 Å². The minimum absolute atomic E-state index is 0.319. The molecule has 1 aromatic carbocycles. The Hall–Kier alpha value is -0.900. The topological polar surface area (TPSA) is 28.7 Å². The zero-order chi connectivity index (χ0) is 7.84. The Balaban J connectivity index is 2.93. The third kappa shape index (κ3) is 0.939. The molecule has 1 heterocycles. The number of benzene rings is 1. The molecule has 0 atom stereocenters. The zero-order valence-electron chi connectivity index (χ0n) is 5.36. The minimum atomic E-state index is -0.347. The van der Waals surface area contributed by atoms with Crippen LogP contribution in [-0.2, 0) is 0 Å². The number of nitrogens with zero attached hydrogens (tertiary/aromatic N) is 1. The van der Waals surface area contributed by atoms with Gasteiger partial charge in [0.2, 0.25) is 0 Å². The summed E-state index contributed by atoms with van der Waals surface area (Å²) in [6.07, 6.45) is 2.47. The number of hydrogen-bond acceptors (Lipinski definition) is 1. The normalized spacial score (nSPS) is 10.7. The van der Waals surface area contributed by atoms with Crippen molar-refractivity contribution in [1.82, 2.24) is 9.97 Å². The van der Waals surface area contributed by atoms with E-state index in [4.69, 9.17) is 0 Å². The number of rotatable bonds is 0. The highest BCUT2D eigenvalue weighted by molar-refractivity contribution is 9.10. The van der Waals surface area contributed by atoms with Crippen molar-refractivity contribution in [3.05, 3.63) is 28.7 Å². The predicted octanol–water partition coefficient (Wildman–Crippen LogP) is 2.26. The summed E-state index contributed by atoms with van der Waals surface area (Å²) in [5, 5.41) is 0. The molecule has 0 amide bonds. The highest BCUT2D eigenvalue weighted by Gasteiger charge is 2.05. The molecule has 0 saturated carbocycles. The van der Waals surface area contributed by atoms with Crippen LogP contribution in [0.3, 0.4) is 0 Å². The van der Waals surface area contributed by atoms with E-state index in [2.05, 4.69) is 32.2 Å². The number of fused-ring (bicyclic) bond motifs is 1. The maximum atomic E-state index is 13.1. The first-order valence-corrected chi connectivity index (χ1v) is 3.78. The van der Waals surface area contributed by atoms with E-state index >= 15 is 0 Å². The summed E-state index contributed by atoms with van der Waals surface area (Å²) in [7, 11) is 0. The van der Waals surface area contributed by atoms with E-state index in [1.807, 2.05) is 0 Å². The van der Waals surface area contributed by atoms with Gasteiger partial charge in [0.05, 0.1) is 9.99 Å². The van der Waals surface area contributed by atoms with Gasteiger partial charge in [0.1, 0.15) is 5.52 Å². The van der Waals surface area contributed by atoms with Crippen LogP contribution in [0.2, 0.25) is 0 Å². The maximum absolute atomic E-state index is 13.1. The van der Waals surface area contributed by atoms with Gasteiger partial charge >= 0.3 is 0 Å². The van der Waals surface area contributed by atoms with Crippen molar-refractivity contribution < 1.29 is 4.39 Å². The van der Waals surface area contributed by atoms with Crippen LogP contribution in [0, 0.1) is 12.1 Å². The van der Waals surface area contributed by atoms with Crippen molar-refractivity contribution in [2.45, 2.75) is 0 Å². The molecule has 1 aromatic heterocycles. The maximum Gasteiger partial charge on any atom is 0.174 e. The van der Waals surface area contributed by atoms with Gasteiger partial charge in [-0.15, -0.1) is 0 Å². The van der Waals surface area contributed by atoms with E-state index in [1.165, 1.54) is 0 Å². The number of imidazole rings is 1. The van der Waals surface area contributed by atoms with Gasteiger partial charge < -0.3 is 4.98 Å². The first-order valence-electron chi connectivity index (χ1n) is 2.99. The molecule has 11 heavy (non-hydrogen) atoms. The zero-order valence-corrected chi connectivity index (χ0v) is 6.94. The van der Waals surface area contributed by atoms with Gasteiger partial charge in [-0.2, -0.15) is 0 Å². The SMILES string of the molecule is Fc1c(Br)ccc2[nH][c]nc12. The molecule has 0 aliphatic heterocycles. The van der Waals surface area contributed by atoms with Crippen LogP contribution in [0.5, 0.6) is 0 Å². The molecule has 1 radical (unpaired) electrons. The Bertz CT molecular complexity index is 396. The van der Waals surface area contributed by atoms with Gasteiger partial charge in [0, 0.05) is 0 Å². The first-order chi connectivity index (χ1) is 5.29.